The molecule has 4 rings (SSSR count). The first kappa shape index (κ1) is 17.5. The number of carbonyl (C=O) groups is 1. The Morgan fingerprint density at radius 1 is 1.07 bits per heavy atom. The highest BCUT2D eigenvalue weighted by molar-refractivity contribution is 6.00. The smallest absolute Gasteiger partial charge is 0.253 e. The highest BCUT2D eigenvalue weighted by Gasteiger charge is 2.20. The fraction of sp³-hybridized carbons (Fsp3) is 0.304. The van der Waals surface area contributed by atoms with Crippen LogP contribution in [0.4, 0.5) is 0 Å². The third kappa shape index (κ3) is 3.52. The van der Waals surface area contributed by atoms with Crippen LogP contribution in [0.3, 0.4) is 0 Å². The minimum atomic E-state index is 0.0967. The molecule has 0 spiro atoms. The van der Waals surface area contributed by atoms with Gasteiger partial charge in [0.1, 0.15) is 5.75 Å². The van der Waals surface area contributed by atoms with E-state index in [4.69, 9.17) is 9.72 Å². The fourth-order valence-corrected chi connectivity index (χ4v) is 3.58. The lowest BCUT2D eigenvalue weighted by Gasteiger charge is -2.16. The van der Waals surface area contributed by atoms with Crippen LogP contribution in [0.15, 0.2) is 48.5 Å². The summed E-state index contributed by atoms with van der Waals surface area (Å²) in [6.45, 7) is 6.30. The van der Waals surface area contributed by atoms with E-state index in [1.165, 1.54) is 5.56 Å². The van der Waals surface area contributed by atoms with Crippen molar-refractivity contribution in [3.8, 4) is 17.0 Å². The van der Waals surface area contributed by atoms with Gasteiger partial charge in [-0.2, -0.15) is 0 Å². The van der Waals surface area contributed by atoms with Crippen LogP contribution in [0.1, 0.15) is 35.7 Å². The molecule has 0 N–H and O–H groups in total. The number of hydrogen-bond donors (Lipinski definition) is 0. The number of rotatable bonds is 4. The van der Waals surface area contributed by atoms with Gasteiger partial charge in [-0.15, -0.1) is 0 Å². The molecule has 1 fully saturated rings. The summed E-state index contributed by atoms with van der Waals surface area (Å²) < 4.78 is 5.90. The van der Waals surface area contributed by atoms with Crippen molar-refractivity contribution >= 4 is 16.8 Å². The van der Waals surface area contributed by atoms with Crippen LogP contribution in [0, 0.1) is 6.92 Å². The predicted molar refractivity (Wildman–Crippen MR) is 108 cm³/mol. The van der Waals surface area contributed by atoms with Crippen LogP contribution in [-0.2, 0) is 0 Å². The number of ether oxygens (including phenoxy) is 1. The van der Waals surface area contributed by atoms with Crippen LogP contribution in [-0.4, -0.2) is 35.5 Å². The molecule has 1 aliphatic rings. The first-order chi connectivity index (χ1) is 13.2. The van der Waals surface area contributed by atoms with E-state index < -0.39 is 0 Å². The maximum atomic E-state index is 12.7. The number of pyridine rings is 1. The van der Waals surface area contributed by atoms with Gasteiger partial charge in [0, 0.05) is 35.7 Å². The van der Waals surface area contributed by atoms with Crippen LogP contribution >= 0.6 is 0 Å². The normalized spacial score (nSPS) is 13.9. The lowest BCUT2D eigenvalue weighted by Crippen LogP contribution is -2.27. The number of likely N-dealkylation sites (tertiary alicyclic amines) is 1. The van der Waals surface area contributed by atoms with Gasteiger partial charge in [-0.25, -0.2) is 4.98 Å². The van der Waals surface area contributed by atoms with Crippen LogP contribution in [0.25, 0.3) is 22.2 Å². The van der Waals surface area contributed by atoms with E-state index in [1.807, 2.05) is 36.1 Å². The quantitative estimate of drug-likeness (QED) is 0.668. The number of hydrogen-bond acceptors (Lipinski definition) is 3. The average molecular weight is 360 g/mol. The molecule has 1 aliphatic heterocycles. The van der Waals surface area contributed by atoms with Crippen molar-refractivity contribution in [1.29, 1.82) is 0 Å². The van der Waals surface area contributed by atoms with Crippen LogP contribution < -0.4 is 4.74 Å². The van der Waals surface area contributed by atoms with E-state index in [2.05, 4.69) is 31.2 Å². The van der Waals surface area contributed by atoms with Crippen molar-refractivity contribution in [3.05, 3.63) is 59.7 Å². The molecule has 4 heteroatoms. The monoisotopic (exact) mass is 360 g/mol. The summed E-state index contributed by atoms with van der Waals surface area (Å²) in [4.78, 5) is 19.5. The maximum absolute atomic E-state index is 12.7. The average Bonchev–Trinajstić information content (AvgIpc) is 3.22. The Balaban J connectivity index is 1.78. The van der Waals surface area contributed by atoms with Crippen molar-refractivity contribution in [2.75, 3.05) is 19.7 Å². The molecule has 1 saturated heterocycles. The van der Waals surface area contributed by atoms with Gasteiger partial charge in [0.2, 0.25) is 0 Å². The van der Waals surface area contributed by atoms with Crippen LogP contribution in [0.2, 0.25) is 0 Å². The van der Waals surface area contributed by atoms with E-state index in [-0.39, 0.29) is 5.91 Å². The minimum Gasteiger partial charge on any atom is -0.493 e. The molecular formula is C23H24N2O2. The molecule has 1 amide bonds. The molecule has 0 unspecified atom stereocenters. The number of carbonyl (C=O) groups excluding carboxylic acids is 1. The van der Waals surface area contributed by atoms with Crippen molar-refractivity contribution in [2.45, 2.75) is 26.7 Å². The molecule has 138 valence electrons. The van der Waals surface area contributed by atoms with E-state index in [0.29, 0.717) is 12.2 Å². The molecule has 2 aromatic carbocycles. The molecule has 2 heterocycles. The maximum Gasteiger partial charge on any atom is 0.253 e. The van der Waals surface area contributed by atoms with E-state index in [0.717, 1.165) is 53.8 Å². The topological polar surface area (TPSA) is 42.4 Å². The highest BCUT2D eigenvalue weighted by atomic mass is 16.5. The summed E-state index contributed by atoms with van der Waals surface area (Å²) in [6, 6.07) is 16.0. The number of aromatic nitrogens is 1. The molecular weight excluding hydrogens is 336 g/mol. The van der Waals surface area contributed by atoms with Crippen molar-refractivity contribution in [1.82, 2.24) is 9.88 Å². The van der Waals surface area contributed by atoms with Gasteiger partial charge >= 0.3 is 0 Å². The zero-order valence-corrected chi connectivity index (χ0v) is 15.9. The summed E-state index contributed by atoms with van der Waals surface area (Å²) in [5.74, 6) is 0.869. The van der Waals surface area contributed by atoms with Gasteiger partial charge in [0.25, 0.3) is 5.91 Å². The Hall–Kier alpha value is -2.88. The summed E-state index contributed by atoms with van der Waals surface area (Å²) in [5, 5.41) is 0.887. The second-order valence-corrected chi connectivity index (χ2v) is 7.04. The number of fused-ring (bicyclic) bond motifs is 1. The standard InChI is InChI=1S/C23H24N2O2/c1-3-27-22-15-21(17-8-6-16(2)7-9-17)24-20-11-10-18(14-19(20)22)23(26)25-12-4-5-13-25/h6-11,14-15H,3-5,12-13H2,1-2H3. The molecule has 0 atom stereocenters. The van der Waals surface area contributed by atoms with Gasteiger partial charge in [-0.05, 0) is 44.9 Å². The van der Waals surface area contributed by atoms with Crippen molar-refractivity contribution < 1.29 is 9.53 Å². The Labute approximate surface area is 159 Å². The molecule has 0 aliphatic carbocycles. The first-order valence-corrected chi connectivity index (χ1v) is 9.59. The second-order valence-electron chi connectivity index (χ2n) is 7.04. The highest BCUT2D eigenvalue weighted by Crippen LogP contribution is 2.31. The molecule has 1 aromatic heterocycles. The van der Waals surface area contributed by atoms with Crippen LogP contribution in [0.5, 0.6) is 5.75 Å². The SMILES string of the molecule is CCOc1cc(-c2ccc(C)cc2)nc2ccc(C(=O)N3CCCC3)cc12. The number of amides is 1. The third-order valence-electron chi connectivity index (χ3n) is 5.06. The molecule has 27 heavy (non-hydrogen) atoms. The number of benzene rings is 2. The third-order valence-corrected chi connectivity index (χ3v) is 5.06. The minimum absolute atomic E-state index is 0.0967. The van der Waals surface area contributed by atoms with Crippen molar-refractivity contribution in [3.63, 3.8) is 0 Å². The Bertz CT molecular complexity index is 974. The molecule has 0 bridgehead atoms. The van der Waals surface area contributed by atoms with E-state index in [9.17, 15) is 4.79 Å². The Morgan fingerprint density at radius 3 is 2.52 bits per heavy atom. The van der Waals surface area contributed by atoms with Gasteiger partial charge in [-0.1, -0.05) is 29.8 Å². The first-order valence-electron chi connectivity index (χ1n) is 9.59. The number of aryl methyl sites for hydroxylation is 1. The Morgan fingerprint density at radius 2 is 1.81 bits per heavy atom. The van der Waals surface area contributed by atoms with E-state index >= 15 is 0 Å². The Kier molecular flexibility index (Phi) is 4.80. The summed E-state index contributed by atoms with van der Waals surface area (Å²) >= 11 is 0. The molecule has 0 saturated carbocycles. The zero-order chi connectivity index (χ0) is 18.8. The largest absolute Gasteiger partial charge is 0.493 e. The molecule has 3 aromatic rings. The van der Waals surface area contributed by atoms with Gasteiger partial charge < -0.3 is 9.64 Å². The van der Waals surface area contributed by atoms with Gasteiger partial charge in [0.15, 0.2) is 0 Å². The zero-order valence-electron chi connectivity index (χ0n) is 15.9. The number of nitrogens with zero attached hydrogens (tertiary/aromatic N) is 2. The summed E-state index contributed by atoms with van der Waals surface area (Å²) in [5.41, 5.74) is 4.70. The second kappa shape index (κ2) is 7.39. The summed E-state index contributed by atoms with van der Waals surface area (Å²) in [6.07, 6.45) is 2.18. The molecule has 0 radical (unpaired) electrons. The summed E-state index contributed by atoms with van der Waals surface area (Å²) in [7, 11) is 0. The fourth-order valence-electron chi connectivity index (χ4n) is 3.58. The van der Waals surface area contributed by atoms with Gasteiger partial charge in [0.05, 0.1) is 17.8 Å². The van der Waals surface area contributed by atoms with Gasteiger partial charge in [-0.3, -0.25) is 4.79 Å². The lowest BCUT2D eigenvalue weighted by atomic mass is 10.0. The molecule has 4 nitrogen and oxygen atoms in total. The predicted octanol–water partition coefficient (Wildman–Crippen LogP) is 4.84. The van der Waals surface area contributed by atoms with E-state index in [1.54, 1.807) is 0 Å². The lowest BCUT2D eigenvalue weighted by molar-refractivity contribution is 0.0793. The van der Waals surface area contributed by atoms with Crippen molar-refractivity contribution in [2.24, 2.45) is 0 Å².